The Labute approximate surface area is 68.7 Å². The molecule has 1 heterocycles. The summed E-state index contributed by atoms with van der Waals surface area (Å²) in [4.78, 5) is 0. The van der Waals surface area contributed by atoms with Crippen LogP contribution in [0.25, 0.3) is 0 Å². The summed E-state index contributed by atoms with van der Waals surface area (Å²) in [7, 11) is 0. The molecule has 2 nitrogen and oxygen atoms in total. The van der Waals surface area contributed by atoms with Crippen molar-refractivity contribution in [2.75, 3.05) is 6.61 Å². The summed E-state index contributed by atoms with van der Waals surface area (Å²) in [5.74, 6) is 0. The topological polar surface area (TPSA) is 29.5 Å². The summed E-state index contributed by atoms with van der Waals surface area (Å²) in [6, 6.07) is 0. The van der Waals surface area contributed by atoms with Crippen LogP contribution in [0.15, 0.2) is 0 Å². The third-order valence-electron chi connectivity index (χ3n) is 1.61. The Bertz CT molecular complexity index is 87.1. The first kappa shape index (κ1) is 7.75. The van der Waals surface area contributed by atoms with Crippen LogP contribution >= 0.6 is 22.6 Å². The van der Waals surface area contributed by atoms with E-state index in [1.54, 1.807) is 0 Å². The van der Waals surface area contributed by atoms with E-state index in [1.165, 1.54) is 0 Å². The molecule has 0 saturated carbocycles. The molecule has 1 saturated heterocycles. The van der Waals surface area contributed by atoms with Crippen LogP contribution in [0.5, 0.6) is 0 Å². The van der Waals surface area contributed by atoms with Crippen molar-refractivity contribution in [1.82, 2.24) is 0 Å². The Kier molecular flexibility index (Phi) is 2.73. The Morgan fingerprint density at radius 1 is 1.78 bits per heavy atom. The molecule has 9 heavy (non-hydrogen) atoms. The monoisotopic (exact) mass is 242 g/mol. The van der Waals surface area contributed by atoms with E-state index < -0.39 is 0 Å². The van der Waals surface area contributed by atoms with Crippen LogP contribution in [0.3, 0.4) is 0 Å². The van der Waals surface area contributed by atoms with E-state index in [0.29, 0.717) is 10.0 Å². The first-order valence-corrected chi connectivity index (χ1v) is 4.39. The van der Waals surface area contributed by atoms with Gasteiger partial charge < -0.3 is 9.84 Å². The first-order valence-electron chi connectivity index (χ1n) is 3.14. The van der Waals surface area contributed by atoms with Crippen LogP contribution in [0.2, 0.25) is 0 Å². The number of hydrogen-bond acceptors (Lipinski definition) is 2. The van der Waals surface area contributed by atoms with E-state index in [4.69, 9.17) is 9.84 Å². The molecular formula is C6H11IO2. The van der Waals surface area contributed by atoms with Crippen LogP contribution in [0, 0.1) is 0 Å². The van der Waals surface area contributed by atoms with Crippen molar-refractivity contribution in [3.63, 3.8) is 0 Å². The average Bonchev–Trinajstić information content (AvgIpc) is 2.13. The minimum Gasteiger partial charge on any atom is -0.394 e. The molecule has 3 heteroatoms. The predicted molar refractivity (Wildman–Crippen MR) is 43.8 cm³/mol. The quantitative estimate of drug-likeness (QED) is 0.548. The number of halogens is 1. The number of ether oxygens (including phenoxy) is 1. The standard InChI is InChI=1S/C6H11IO2/c1-4-6(7)2-5(3-8)9-4/h4-6,8H,2-3H2,1H3/t4-,5-,6?/m0/s1. The smallest absolute Gasteiger partial charge is 0.0820 e. The van der Waals surface area contributed by atoms with Gasteiger partial charge in [0.05, 0.1) is 18.8 Å². The minimum atomic E-state index is 0.0990. The summed E-state index contributed by atoms with van der Waals surface area (Å²) in [6.45, 7) is 2.22. The molecule has 1 rings (SSSR count). The number of aliphatic hydroxyl groups excluding tert-OH is 1. The summed E-state index contributed by atoms with van der Waals surface area (Å²) in [5.41, 5.74) is 0. The van der Waals surface area contributed by atoms with Crippen LogP contribution < -0.4 is 0 Å². The highest BCUT2D eigenvalue weighted by Gasteiger charge is 2.29. The zero-order chi connectivity index (χ0) is 6.85. The van der Waals surface area contributed by atoms with E-state index in [1.807, 2.05) is 6.92 Å². The van der Waals surface area contributed by atoms with Gasteiger partial charge in [-0.2, -0.15) is 0 Å². The lowest BCUT2D eigenvalue weighted by Gasteiger charge is -2.05. The van der Waals surface area contributed by atoms with Crippen molar-refractivity contribution in [2.24, 2.45) is 0 Å². The van der Waals surface area contributed by atoms with Gasteiger partial charge in [0, 0.05) is 3.92 Å². The van der Waals surface area contributed by atoms with Gasteiger partial charge in [0.2, 0.25) is 0 Å². The zero-order valence-electron chi connectivity index (χ0n) is 5.38. The van der Waals surface area contributed by atoms with Gasteiger partial charge in [0.15, 0.2) is 0 Å². The maximum Gasteiger partial charge on any atom is 0.0820 e. The van der Waals surface area contributed by atoms with Crippen molar-refractivity contribution in [2.45, 2.75) is 29.5 Å². The number of rotatable bonds is 1. The largest absolute Gasteiger partial charge is 0.394 e. The third kappa shape index (κ3) is 1.78. The summed E-state index contributed by atoms with van der Waals surface area (Å²) < 4.78 is 5.95. The van der Waals surface area contributed by atoms with Crippen LogP contribution in [-0.2, 0) is 4.74 Å². The van der Waals surface area contributed by atoms with E-state index in [-0.39, 0.29) is 12.7 Å². The second-order valence-electron chi connectivity index (χ2n) is 2.40. The second kappa shape index (κ2) is 3.16. The highest BCUT2D eigenvalue weighted by atomic mass is 127. The molecule has 0 aromatic rings. The fourth-order valence-corrected chi connectivity index (χ4v) is 1.74. The maximum absolute atomic E-state index is 8.67. The molecule has 0 bridgehead atoms. The molecule has 0 amide bonds. The fourth-order valence-electron chi connectivity index (χ4n) is 1.00. The molecule has 1 fully saturated rings. The summed E-state index contributed by atoms with van der Waals surface area (Å²) >= 11 is 2.36. The molecule has 0 radical (unpaired) electrons. The van der Waals surface area contributed by atoms with Crippen molar-refractivity contribution < 1.29 is 9.84 Å². The van der Waals surface area contributed by atoms with E-state index in [2.05, 4.69) is 22.6 Å². The normalized spacial score (nSPS) is 43.7. The number of hydrogen-bond donors (Lipinski definition) is 1. The molecule has 0 aromatic heterocycles. The van der Waals surface area contributed by atoms with E-state index in [0.717, 1.165) is 6.42 Å². The highest BCUT2D eigenvalue weighted by Crippen LogP contribution is 2.25. The third-order valence-corrected chi connectivity index (χ3v) is 3.13. The van der Waals surface area contributed by atoms with E-state index in [9.17, 15) is 0 Å². The van der Waals surface area contributed by atoms with E-state index >= 15 is 0 Å². The molecule has 54 valence electrons. The molecule has 1 aliphatic heterocycles. The Morgan fingerprint density at radius 2 is 2.44 bits per heavy atom. The molecule has 1 unspecified atom stereocenters. The van der Waals surface area contributed by atoms with Gasteiger partial charge in [-0.1, -0.05) is 22.6 Å². The lowest BCUT2D eigenvalue weighted by molar-refractivity contribution is 0.0208. The Balaban J connectivity index is 2.35. The fraction of sp³-hybridized carbons (Fsp3) is 1.00. The lowest BCUT2D eigenvalue weighted by atomic mass is 10.2. The van der Waals surface area contributed by atoms with Crippen molar-refractivity contribution in [1.29, 1.82) is 0 Å². The van der Waals surface area contributed by atoms with Crippen molar-refractivity contribution in [3.05, 3.63) is 0 Å². The van der Waals surface area contributed by atoms with Crippen molar-refractivity contribution >= 4 is 22.6 Å². The molecular weight excluding hydrogens is 231 g/mol. The van der Waals surface area contributed by atoms with Gasteiger partial charge in [-0.05, 0) is 13.3 Å². The van der Waals surface area contributed by atoms with Crippen LogP contribution in [-0.4, -0.2) is 27.8 Å². The first-order chi connectivity index (χ1) is 4.24. The van der Waals surface area contributed by atoms with Crippen LogP contribution in [0.4, 0.5) is 0 Å². The van der Waals surface area contributed by atoms with Gasteiger partial charge in [0.1, 0.15) is 0 Å². The van der Waals surface area contributed by atoms with Gasteiger partial charge in [-0.3, -0.25) is 0 Å². The zero-order valence-corrected chi connectivity index (χ0v) is 7.54. The Hall–Kier alpha value is 0.650. The molecule has 0 spiro atoms. The summed E-state index contributed by atoms with van der Waals surface area (Å²) in [6.07, 6.45) is 1.42. The average molecular weight is 242 g/mol. The minimum absolute atomic E-state index is 0.0990. The SMILES string of the molecule is C[C@@H]1O[C@H](CO)CC1I. The summed E-state index contributed by atoms with van der Waals surface area (Å²) in [5, 5.41) is 8.67. The molecule has 1 aliphatic rings. The second-order valence-corrected chi connectivity index (χ2v) is 4.00. The van der Waals surface area contributed by atoms with Crippen LogP contribution in [0.1, 0.15) is 13.3 Å². The molecule has 3 atom stereocenters. The number of aliphatic hydroxyl groups is 1. The Morgan fingerprint density at radius 3 is 2.67 bits per heavy atom. The molecule has 1 N–H and O–H groups in total. The molecule has 0 aromatic carbocycles. The molecule has 0 aliphatic carbocycles. The predicted octanol–water partition coefficient (Wildman–Crippen LogP) is 0.960. The van der Waals surface area contributed by atoms with Crippen molar-refractivity contribution in [3.8, 4) is 0 Å². The van der Waals surface area contributed by atoms with Gasteiger partial charge >= 0.3 is 0 Å². The van der Waals surface area contributed by atoms with Gasteiger partial charge in [-0.25, -0.2) is 0 Å². The van der Waals surface area contributed by atoms with Gasteiger partial charge in [-0.15, -0.1) is 0 Å². The highest BCUT2D eigenvalue weighted by molar-refractivity contribution is 14.1. The van der Waals surface area contributed by atoms with Gasteiger partial charge in [0.25, 0.3) is 0 Å². The lowest BCUT2D eigenvalue weighted by Crippen LogP contribution is -2.12. The number of alkyl halides is 1. The maximum atomic E-state index is 8.67.